The van der Waals surface area contributed by atoms with Gasteiger partial charge in [0.25, 0.3) is 0 Å². The first kappa shape index (κ1) is 19.7. The van der Waals surface area contributed by atoms with E-state index in [1.165, 1.54) is 12.1 Å². The van der Waals surface area contributed by atoms with Gasteiger partial charge in [0.1, 0.15) is 17.3 Å². The van der Waals surface area contributed by atoms with Crippen molar-refractivity contribution in [3.8, 4) is 17.1 Å². The second-order valence-corrected chi connectivity index (χ2v) is 8.35. The second kappa shape index (κ2) is 8.31. The monoisotopic (exact) mass is 399 g/mol. The summed E-state index contributed by atoms with van der Waals surface area (Å²) in [7, 11) is -1.63. The van der Waals surface area contributed by atoms with E-state index in [1.807, 2.05) is 36.4 Å². The molecule has 0 aliphatic rings. The Morgan fingerprint density at radius 2 is 1.68 bits per heavy atom. The number of carbonyl (C=O) groups excluding carboxylic acids is 1. The van der Waals surface area contributed by atoms with E-state index in [2.05, 4.69) is 5.32 Å². The number of furan rings is 1. The van der Waals surface area contributed by atoms with Crippen LogP contribution in [-0.2, 0) is 21.1 Å². The van der Waals surface area contributed by atoms with Crippen LogP contribution in [-0.4, -0.2) is 27.7 Å². The molecule has 0 spiro atoms. The number of sulfone groups is 1. The minimum absolute atomic E-state index is 0.172. The van der Waals surface area contributed by atoms with Crippen LogP contribution in [0.4, 0.5) is 5.69 Å². The lowest BCUT2D eigenvalue weighted by Crippen LogP contribution is -2.12. The van der Waals surface area contributed by atoms with Crippen molar-refractivity contribution >= 4 is 21.4 Å². The summed E-state index contributed by atoms with van der Waals surface area (Å²) in [6.45, 7) is 0. The van der Waals surface area contributed by atoms with Crippen molar-refractivity contribution in [2.45, 2.75) is 17.7 Å². The number of anilines is 1. The first-order chi connectivity index (χ1) is 13.3. The van der Waals surface area contributed by atoms with Crippen LogP contribution in [0.5, 0.6) is 5.75 Å². The fourth-order valence-corrected chi connectivity index (χ4v) is 3.30. The highest BCUT2D eigenvalue weighted by molar-refractivity contribution is 7.90. The number of hydrogen-bond acceptors (Lipinski definition) is 5. The van der Waals surface area contributed by atoms with Gasteiger partial charge in [0.05, 0.1) is 12.0 Å². The third kappa shape index (κ3) is 5.01. The third-order valence-corrected chi connectivity index (χ3v) is 5.33. The Balaban J connectivity index is 1.55. The summed E-state index contributed by atoms with van der Waals surface area (Å²) in [6.07, 6.45) is 1.86. The van der Waals surface area contributed by atoms with Gasteiger partial charge in [-0.3, -0.25) is 4.79 Å². The highest BCUT2D eigenvalue weighted by Gasteiger charge is 2.10. The van der Waals surface area contributed by atoms with Gasteiger partial charge < -0.3 is 14.5 Å². The van der Waals surface area contributed by atoms with E-state index in [9.17, 15) is 13.2 Å². The summed E-state index contributed by atoms with van der Waals surface area (Å²) in [5.74, 6) is 2.05. The van der Waals surface area contributed by atoms with E-state index < -0.39 is 9.84 Å². The molecule has 7 heteroatoms. The van der Waals surface area contributed by atoms with E-state index >= 15 is 0 Å². The zero-order valence-electron chi connectivity index (χ0n) is 15.6. The van der Waals surface area contributed by atoms with Gasteiger partial charge in [0.2, 0.25) is 5.91 Å². The predicted molar refractivity (Wildman–Crippen MR) is 107 cm³/mol. The van der Waals surface area contributed by atoms with Crippen molar-refractivity contribution in [3.05, 3.63) is 66.4 Å². The lowest BCUT2D eigenvalue weighted by Gasteiger charge is -2.05. The fraction of sp³-hybridized carbons (Fsp3) is 0.190. The number of methoxy groups -OCH3 is 1. The Labute approximate surface area is 164 Å². The Bertz CT molecular complexity index is 1050. The molecule has 6 nitrogen and oxygen atoms in total. The van der Waals surface area contributed by atoms with Crippen molar-refractivity contribution in [3.63, 3.8) is 0 Å². The Hall–Kier alpha value is -3.06. The minimum Gasteiger partial charge on any atom is -0.497 e. The molecule has 146 valence electrons. The Morgan fingerprint density at radius 1 is 1.00 bits per heavy atom. The molecule has 0 fully saturated rings. The zero-order valence-corrected chi connectivity index (χ0v) is 16.5. The number of amides is 1. The molecule has 0 radical (unpaired) electrons. The van der Waals surface area contributed by atoms with Crippen LogP contribution in [0.1, 0.15) is 12.2 Å². The van der Waals surface area contributed by atoms with Crippen LogP contribution >= 0.6 is 0 Å². The maximum Gasteiger partial charge on any atom is 0.224 e. The van der Waals surface area contributed by atoms with Crippen LogP contribution in [0.15, 0.2) is 70.0 Å². The van der Waals surface area contributed by atoms with E-state index in [1.54, 1.807) is 19.2 Å². The zero-order chi connectivity index (χ0) is 20.1. The van der Waals surface area contributed by atoms with Crippen molar-refractivity contribution in [2.24, 2.45) is 0 Å². The van der Waals surface area contributed by atoms with E-state index in [-0.39, 0.29) is 17.2 Å². The summed E-state index contributed by atoms with van der Waals surface area (Å²) in [5, 5.41) is 2.75. The molecule has 3 aromatic rings. The molecule has 0 saturated carbocycles. The van der Waals surface area contributed by atoms with Gasteiger partial charge in [-0.05, 0) is 60.7 Å². The minimum atomic E-state index is -3.25. The molecule has 1 aromatic heterocycles. The molecular formula is C21H21NO5S. The van der Waals surface area contributed by atoms with Gasteiger partial charge in [-0.2, -0.15) is 0 Å². The molecule has 2 aromatic carbocycles. The third-order valence-electron chi connectivity index (χ3n) is 4.20. The van der Waals surface area contributed by atoms with E-state index in [0.717, 1.165) is 23.3 Å². The van der Waals surface area contributed by atoms with Crippen LogP contribution in [0.2, 0.25) is 0 Å². The van der Waals surface area contributed by atoms with Gasteiger partial charge in [-0.1, -0.05) is 0 Å². The topological polar surface area (TPSA) is 85.6 Å². The largest absolute Gasteiger partial charge is 0.497 e. The lowest BCUT2D eigenvalue weighted by atomic mass is 10.2. The normalized spacial score (nSPS) is 11.2. The second-order valence-electron chi connectivity index (χ2n) is 6.34. The van der Waals surface area contributed by atoms with Gasteiger partial charge in [-0.15, -0.1) is 0 Å². The van der Waals surface area contributed by atoms with Gasteiger partial charge in [-0.25, -0.2) is 8.42 Å². The smallest absolute Gasteiger partial charge is 0.224 e. The number of ether oxygens (including phenoxy) is 1. The highest BCUT2D eigenvalue weighted by Crippen LogP contribution is 2.25. The molecule has 0 unspecified atom stereocenters. The molecule has 0 saturated heterocycles. The summed E-state index contributed by atoms with van der Waals surface area (Å²) in [6, 6.07) is 17.4. The summed E-state index contributed by atoms with van der Waals surface area (Å²) in [5.41, 5.74) is 1.48. The molecular weight excluding hydrogens is 378 g/mol. The molecule has 0 aliphatic heterocycles. The van der Waals surface area contributed by atoms with Crippen molar-refractivity contribution in [1.82, 2.24) is 0 Å². The number of rotatable bonds is 7. The van der Waals surface area contributed by atoms with Crippen LogP contribution in [0, 0.1) is 0 Å². The average molecular weight is 399 g/mol. The molecule has 3 rings (SSSR count). The van der Waals surface area contributed by atoms with Gasteiger partial charge in [0, 0.05) is 30.3 Å². The predicted octanol–water partition coefficient (Wildman–Crippen LogP) is 3.93. The average Bonchev–Trinajstić information content (AvgIpc) is 3.15. The number of nitrogens with one attached hydrogen (secondary N) is 1. The summed E-state index contributed by atoms with van der Waals surface area (Å²) < 4.78 is 33.9. The number of benzene rings is 2. The molecule has 0 bridgehead atoms. The first-order valence-electron chi connectivity index (χ1n) is 8.68. The first-order valence-corrected chi connectivity index (χ1v) is 10.6. The number of hydrogen-bond donors (Lipinski definition) is 1. The number of aryl methyl sites for hydroxylation is 1. The van der Waals surface area contributed by atoms with Crippen molar-refractivity contribution in [1.29, 1.82) is 0 Å². The Morgan fingerprint density at radius 3 is 2.29 bits per heavy atom. The van der Waals surface area contributed by atoms with Crippen molar-refractivity contribution in [2.75, 3.05) is 18.7 Å². The fourth-order valence-electron chi connectivity index (χ4n) is 2.67. The molecule has 28 heavy (non-hydrogen) atoms. The molecule has 1 heterocycles. The van der Waals surface area contributed by atoms with E-state index in [0.29, 0.717) is 17.9 Å². The molecule has 0 aliphatic carbocycles. The summed E-state index contributed by atoms with van der Waals surface area (Å²) >= 11 is 0. The van der Waals surface area contributed by atoms with Gasteiger partial charge in [0.15, 0.2) is 9.84 Å². The highest BCUT2D eigenvalue weighted by atomic mass is 32.2. The molecule has 0 atom stereocenters. The van der Waals surface area contributed by atoms with Crippen molar-refractivity contribution < 1.29 is 22.4 Å². The van der Waals surface area contributed by atoms with Crippen LogP contribution < -0.4 is 10.1 Å². The SMILES string of the molecule is COc1ccc(-c2ccc(CCC(=O)Nc3ccc(S(C)(=O)=O)cc3)o2)cc1. The summed E-state index contributed by atoms with van der Waals surface area (Å²) in [4.78, 5) is 12.3. The van der Waals surface area contributed by atoms with Gasteiger partial charge >= 0.3 is 0 Å². The van der Waals surface area contributed by atoms with E-state index in [4.69, 9.17) is 9.15 Å². The van der Waals surface area contributed by atoms with Crippen LogP contribution in [0.3, 0.4) is 0 Å². The lowest BCUT2D eigenvalue weighted by molar-refractivity contribution is -0.116. The quantitative estimate of drug-likeness (QED) is 0.651. The molecule has 1 N–H and O–H groups in total. The molecule has 1 amide bonds. The van der Waals surface area contributed by atoms with Crippen LogP contribution in [0.25, 0.3) is 11.3 Å². The standard InChI is InChI=1S/C21H21NO5S/c1-26-17-7-3-15(4-8-17)20-13-9-18(27-20)10-14-21(23)22-16-5-11-19(12-6-16)28(2,24)25/h3-9,11-13H,10,14H2,1-2H3,(H,22,23). The maximum atomic E-state index is 12.1. The maximum absolute atomic E-state index is 12.1. The number of carbonyl (C=O) groups is 1. The Kier molecular flexibility index (Phi) is 5.84.